The third-order valence-electron chi connectivity index (χ3n) is 5.76. The maximum atomic E-state index is 14.4. The van der Waals surface area contributed by atoms with Crippen LogP contribution in [0, 0.1) is 5.82 Å². The maximum Gasteiger partial charge on any atom is 0.317 e. The number of benzene rings is 2. The number of rotatable bonds is 9. The number of ether oxygens (including phenoxy) is 3. The van der Waals surface area contributed by atoms with Crippen LogP contribution in [0.25, 0.3) is 0 Å². The lowest BCUT2D eigenvalue weighted by Crippen LogP contribution is -2.38. The molecule has 7 heteroatoms. The summed E-state index contributed by atoms with van der Waals surface area (Å²) in [4.78, 5) is 25.0. The highest BCUT2D eigenvalue weighted by molar-refractivity contribution is 5.86. The molecule has 1 fully saturated rings. The zero-order chi connectivity index (χ0) is 22.3. The lowest BCUT2D eigenvalue weighted by atomic mass is 9.78. The number of amides is 1. The smallest absolute Gasteiger partial charge is 0.317 e. The number of carbonyl (C=O) groups is 2. The molecule has 6 nitrogen and oxygen atoms in total. The van der Waals surface area contributed by atoms with Gasteiger partial charge in [-0.25, -0.2) is 4.39 Å². The first-order valence-electron chi connectivity index (χ1n) is 10.4. The van der Waals surface area contributed by atoms with E-state index in [1.807, 2.05) is 18.2 Å². The minimum Gasteiger partial charge on any atom is -0.493 e. The second kappa shape index (κ2) is 10.3. The maximum absolute atomic E-state index is 14.4. The minimum atomic E-state index is -1.01. The number of esters is 1. The average Bonchev–Trinajstić information content (AvgIpc) is 3.28. The van der Waals surface area contributed by atoms with Gasteiger partial charge in [0.2, 0.25) is 0 Å². The molecule has 2 aromatic rings. The summed E-state index contributed by atoms with van der Waals surface area (Å²) in [6.45, 7) is -0.00864. The van der Waals surface area contributed by atoms with Gasteiger partial charge in [0.05, 0.1) is 19.6 Å². The predicted octanol–water partition coefficient (Wildman–Crippen LogP) is 3.56. The van der Waals surface area contributed by atoms with Gasteiger partial charge < -0.3 is 19.5 Å². The first-order valence-corrected chi connectivity index (χ1v) is 10.4. The molecule has 3 rings (SSSR count). The van der Waals surface area contributed by atoms with Crippen molar-refractivity contribution in [1.29, 1.82) is 0 Å². The van der Waals surface area contributed by atoms with E-state index < -0.39 is 23.1 Å². The summed E-state index contributed by atoms with van der Waals surface area (Å²) in [5.41, 5.74) is 0.316. The van der Waals surface area contributed by atoms with Gasteiger partial charge in [0.1, 0.15) is 5.82 Å². The fraction of sp³-hybridized carbons (Fsp3) is 0.417. The van der Waals surface area contributed by atoms with Gasteiger partial charge >= 0.3 is 5.97 Å². The van der Waals surface area contributed by atoms with Gasteiger partial charge in [-0.05, 0) is 43.0 Å². The lowest BCUT2D eigenvalue weighted by molar-refractivity contribution is -0.154. The van der Waals surface area contributed by atoms with Crippen LogP contribution in [0.4, 0.5) is 4.39 Å². The van der Waals surface area contributed by atoms with Crippen molar-refractivity contribution in [3.8, 4) is 11.5 Å². The molecular weight excluding hydrogens is 401 g/mol. The van der Waals surface area contributed by atoms with Gasteiger partial charge in [0.15, 0.2) is 18.1 Å². The Morgan fingerprint density at radius 1 is 1.03 bits per heavy atom. The van der Waals surface area contributed by atoms with E-state index in [0.717, 1.165) is 18.4 Å². The highest BCUT2D eigenvalue weighted by atomic mass is 19.1. The zero-order valence-corrected chi connectivity index (χ0v) is 17.9. The van der Waals surface area contributed by atoms with E-state index in [1.165, 1.54) is 6.07 Å². The van der Waals surface area contributed by atoms with Crippen LogP contribution in [-0.2, 0) is 26.2 Å². The summed E-state index contributed by atoms with van der Waals surface area (Å²) in [5.74, 6) is -0.0884. The molecule has 1 aliphatic rings. The molecule has 0 atom stereocenters. The summed E-state index contributed by atoms with van der Waals surface area (Å²) in [6.07, 6.45) is 3.27. The average molecular weight is 429 g/mol. The van der Waals surface area contributed by atoms with Crippen LogP contribution >= 0.6 is 0 Å². The van der Waals surface area contributed by atoms with Gasteiger partial charge in [-0.3, -0.25) is 9.59 Å². The van der Waals surface area contributed by atoms with Crippen molar-refractivity contribution < 1.29 is 28.2 Å². The van der Waals surface area contributed by atoms with Crippen LogP contribution in [0.3, 0.4) is 0 Å². The van der Waals surface area contributed by atoms with E-state index in [0.29, 0.717) is 42.9 Å². The standard InChI is InChI=1S/C24H28FNO5/c1-29-20-10-9-17(15-21(20)30-2)11-14-26-22(27)16-31-23(28)24(12-5-6-13-24)18-7-3-4-8-19(18)25/h3-4,7-10,15H,5-6,11-14,16H2,1-2H3,(H,26,27). The molecule has 0 unspecified atom stereocenters. The Kier molecular flexibility index (Phi) is 7.50. The molecule has 166 valence electrons. The first kappa shape index (κ1) is 22.6. The number of carbonyl (C=O) groups excluding carboxylic acids is 2. The van der Waals surface area contributed by atoms with E-state index in [1.54, 1.807) is 32.4 Å². The summed E-state index contributed by atoms with van der Waals surface area (Å²) in [7, 11) is 3.14. The van der Waals surface area contributed by atoms with E-state index in [4.69, 9.17) is 14.2 Å². The largest absolute Gasteiger partial charge is 0.493 e. The summed E-state index contributed by atoms with van der Waals surface area (Å²) in [5, 5.41) is 2.74. The topological polar surface area (TPSA) is 73.9 Å². The van der Waals surface area contributed by atoms with Crippen molar-refractivity contribution in [3.05, 3.63) is 59.4 Å². The monoisotopic (exact) mass is 429 g/mol. The van der Waals surface area contributed by atoms with Crippen LogP contribution in [0.15, 0.2) is 42.5 Å². The molecule has 31 heavy (non-hydrogen) atoms. The third kappa shape index (κ3) is 5.16. The molecule has 1 N–H and O–H groups in total. The molecule has 0 saturated heterocycles. The zero-order valence-electron chi connectivity index (χ0n) is 17.9. The van der Waals surface area contributed by atoms with Crippen LogP contribution in [0.2, 0.25) is 0 Å². The first-order chi connectivity index (χ1) is 15.0. The number of hydrogen-bond acceptors (Lipinski definition) is 5. The quantitative estimate of drug-likeness (QED) is 0.617. The second-order valence-electron chi connectivity index (χ2n) is 7.63. The molecular formula is C24H28FNO5. The number of halogens is 1. The summed E-state index contributed by atoms with van der Waals surface area (Å²) in [6, 6.07) is 11.8. The fourth-order valence-corrected chi connectivity index (χ4v) is 4.11. The van der Waals surface area contributed by atoms with Crippen LogP contribution < -0.4 is 14.8 Å². The second-order valence-corrected chi connectivity index (χ2v) is 7.63. The highest BCUT2D eigenvalue weighted by Crippen LogP contribution is 2.43. The molecule has 0 radical (unpaired) electrons. The van der Waals surface area contributed by atoms with Crippen molar-refractivity contribution >= 4 is 11.9 Å². The van der Waals surface area contributed by atoms with Crippen molar-refractivity contribution in [2.75, 3.05) is 27.4 Å². The summed E-state index contributed by atoms with van der Waals surface area (Å²) < 4.78 is 30.2. The number of methoxy groups -OCH3 is 2. The van der Waals surface area contributed by atoms with Crippen molar-refractivity contribution in [2.45, 2.75) is 37.5 Å². The Morgan fingerprint density at radius 3 is 2.42 bits per heavy atom. The van der Waals surface area contributed by atoms with Gasteiger partial charge in [-0.15, -0.1) is 0 Å². The van der Waals surface area contributed by atoms with Gasteiger partial charge in [0, 0.05) is 12.1 Å². The van der Waals surface area contributed by atoms with E-state index in [-0.39, 0.29) is 6.61 Å². The van der Waals surface area contributed by atoms with Crippen molar-refractivity contribution in [1.82, 2.24) is 5.32 Å². The van der Waals surface area contributed by atoms with Gasteiger partial charge in [-0.1, -0.05) is 37.1 Å². The fourth-order valence-electron chi connectivity index (χ4n) is 4.11. The van der Waals surface area contributed by atoms with Crippen LogP contribution in [-0.4, -0.2) is 39.2 Å². The Bertz CT molecular complexity index is 924. The predicted molar refractivity (Wildman–Crippen MR) is 114 cm³/mol. The van der Waals surface area contributed by atoms with E-state index in [9.17, 15) is 14.0 Å². The molecule has 0 heterocycles. The van der Waals surface area contributed by atoms with E-state index in [2.05, 4.69) is 5.32 Å². The molecule has 0 aliphatic heterocycles. The van der Waals surface area contributed by atoms with Gasteiger partial charge in [0.25, 0.3) is 5.91 Å². The van der Waals surface area contributed by atoms with Gasteiger partial charge in [-0.2, -0.15) is 0 Å². The Labute approximate surface area is 181 Å². The van der Waals surface area contributed by atoms with Crippen LogP contribution in [0.5, 0.6) is 11.5 Å². The number of hydrogen-bond donors (Lipinski definition) is 1. The van der Waals surface area contributed by atoms with Crippen molar-refractivity contribution in [2.24, 2.45) is 0 Å². The highest BCUT2D eigenvalue weighted by Gasteiger charge is 2.45. The molecule has 0 spiro atoms. The number of nitrogens with one attached hydrogen (secondary N) is 1. The van der Waals surface area contributed by atoms with Crippen LogP contribution in [0.1, 0.15) is 36.8 Å². The van der Waals surface area contributed by atoms with Crippen molar-refractivity contribution in [3.63, 3.8) is 0 Å². The Hall–Kier alpha value is -3.09. The molecule has 0 bridgehead atoms. The minimum absolute atomic E-state index is 0.353. The lowest BCUT2D eigenvalue weighted by Gasteiger charge is -2.27. The summed E-state index contributed by atoms with van der Waals surface area (Å²) >= 11 is 0. The molecule has 2 aromatic carbocycles. The molecule has 1 aliphatic carbocycles. The Balaban J connectivity index is 1.52. The normalized spacial score (nSPS) is 14.7. The third-order valence-corrected chi connectivity index (χ3v) is 5.76. The SMILES string of the molecule is COc1ccc(CCNC(=O)COC(=O)C2(c3ccccc3F)CCCC2)cc1OC. The molecule has 1 saturated carbocycles. The van der Waals surface area contributed by atoms with E-state index >= 15 is 0 Å². The Morgan fingerprint density at radius 2 is 1.74 bits per heavy atom. The molecule has 0 aromatic heterocycles. The molecule has 1 amide bonds.